The van der Waals surface area contributed by atoms with Crippen molar-refractivity contribution in [3.63, 3.8) is 0 Å². The van der Waals surface area contributed by atoms with Gasteiger partial charge in [0.15, 0.2) is 9.84 Å². The number of rotatable bonds is 10. The van der Waals surface area contributed by atoms with Crippen LogP contribution in [-0.4, -0.2) is 54.3 Å². The van der Waals surface area contributed by atoms with Crippen LogP contribution in [0.5, 0.6) is 0 Å². The molecule has 0 aliphatic rings. The lowest BCUT2D eigenvalue weighted by Gasteiger charge is -2.09. The standard InChI is InChI=1S/C13H20BrNO5S/c1-18-4-5-19-6-7-20-8-9-21(16,17)13-3-2-11(14)10-12(13)15/h2-3,10H,4-9,15H2,1H3. The zero-order valence-electron chi connectivity index (χ0n) is 11.9. The number of hydrogen-bond donors (Lipinski definition) is 1. The topological polar surface area (TPSA) is 87.9 Å². The molecule has 0 aliphatic carbocycles. The second-order valence-electron chi connectivity index (χ2n) is 4.22. The Labute approximate surface area is 133 Å². The van der Waals surface area contributed by atoms with E-state index in [1.165, 1.54) is 6.07 Å². The number of nitrogen functional groups attached to an aromatic ring is 1. The van der Waals surface area contributed by atoms with Gasteiger partial charge in [0.2, 0.25) is 0 Å². The predicted molar refractivity (Wildman–Crippen MR) is 84.1 cm³/mol. The predicted octanol–water partition coefficient (Wildman–Crippen LogP) is 1.48. The maximum absolute atomic E-state index is 12.1. The molecule has 0 saturated carbocycles. The minimum absolute atomic E-state index is 0.103. The Morgan fingerprint density at radius 1 is 1.10 bits per heavy atom. The van der Waals surface area contributed by atoms with Gasteiger partial charge < -0.3 is 19.9 Å². The zero-order valence-corrected chi connectivity index (χ0v) is 14.3. The maximum Gasteiger partial charge on any atom is 0.182 e. The van der Waals surface area contributed by atoms with Gasteiger partial charge in [-0.1, -0.05) is 15.9 Å². The van der Waals surface area contributed by atoms with Gasteiger partial charge in [-0.15, -0.1) is 0 Å². The molecule has 0 aromatic heterocycles. The smallest absolute Gasteiger partial charge is 0.182 e. The lowest BCUT2D eigenvalue weighted by molar-refractivity contribution is 0.0284. The molecule has 6 nitrogen and oxygen atoms in total. The minimum atomic E-state index is -3.44. The number of halogens is 1. The monoisotopic (exact) mass is 381 g/mol. The highest BCUT2D eigenvalue weighted by Crippen LogP contribution is 2.23. The summed E-state index contributed by atoms with van der Waals surface area (Å²) in [5.41, 5.74) is 5.95. The van der Waals surface area contributed by atoms with E-state index in [1.54, 1.807) is 19.2 Å². The third-order valence-electron chi connectivity index (χ3n) is 2.61. The number of benzene rings is 1. The highest BCUT2D eigenvalue weighted by molar-refractivity contribution is 9.10. The molecule has 0 aliphatic heterocycles. The Morgan fingerprint density at radius 3 is 2.33 bits per heavy atom. The first kappa shape index (κ1) is 18.4. The van der Waals surface area contributed by atoms with Crippen LogP contribution < -0.4 is 5.73 Å². The van der Waals surface area contributed by atoms with Crippen LogP contribution in [0.2, 0.25) is 0 Å². The summed E-state index contributed by atoms with van der Waals surface area (Å²) >= 11 is 3.24. The molecule has 0 fully saturated rings. The SMILES string of the molecule is COCCOCCOCCS(=O)(=O)c1ccc(Br)cc1N. The van der Waals surface area contributed by atoms with Crippen molar-refractivity contribution in [3.05, 3.63) is 22.7 Å². The first-order valence-electron chi connectivity index (χ1n) is 6.39. The molecule has 0 radical (unpaired) electrons. The molecule has 120 valence electrons. The molecule has 1 aromatic rings. The normalized spacial score (nSPS) is 11.7. The van der Waals surface area contributed by atoms with Crippen molar-refractivity contribution in [3.8, 4) is 0 Å². The molecule has 21 heavy (non-hydrogen) atoms. The molecule has 0 atom stereocenters. The van der Waals surface area contributed by atoms with Gasteiger partial charge in [-0.2, -0.15) is 0 Å². The fraction of sp³-hybridized carbons (Fsp3) is 0.538. The average Bonchev–Trinajstić information content (AvgIpc) is 2.41. The summed E-state index contributed by atoms with van der Waals surface area (Å²) in [5, 5.41) is 0. The molecular formula is C13H20BrNO5S. The molecule has 0 heterocycles. The van der Waals surface area contributed by atoms with Crippen LogP contribution in [0, 0.1) is 0 Å². The van der Waals surface area contributed by atoms with Crippen LogP contribution in [0.3, 0.4) is 0 Å². The molecule has 8 heteroatoms. The summed E-state index contributed by atoms with van der Waals surface area (Å²) in [6.45, 7) is 1.87. The molecule has 1 aromatic carbocycles. The van der Waals surface area contributed by atoms with Crippen molar-refractivity contribution in [2.45, 2.75) is 4.90 Å². The van der Waals surface area contributed by atoms with E-state index in [9.17, 15) is 8.42 Å². The number of hydrogen-bond acceptors (Lipinski definition) is 6. The Morgan fingerprint density at radius 2 is 1.71 bits per heavy atom. The summed E-state index contributed by atoms with van der Waals surface area (Å²) in [6.07, 6.45) is 0. The summed E-state index contributed by atoms with van der Waals surface area (Å²) in [6, 6.07) is 4.70. The highest BCUT2D eigenvalue weighted by atomic mass is 79.9. The number of nitrogens with two attached hydrogens (primary N) is 1. The largest absolute Gasteiger partial charge is 0.398 e. The number of ether oxygens (including phenoxy) is 3. The summed E-state index contributed by atoms with van der Waals surface area (Å²) in [5.74, 6) is -0.114. The second-order valence-corrected chi connectivity index (χ2v) is 7.21. The summed E-state index contributed by atoms with van der Waals surface area (Å²) in [7, 11) is -1.84. The van der Waals surface area contributed by atoms with E-state index in [4.69, 9.17) is 19.9 Å². The van der Waals surface area contributed by atoms with Crippen LogP contribution in [0.15, 0.2) is 27.6 Å². The zero-order chi connectivity index (χ0) is 15.7. The molecule has 1 rings (SSSR count). The van der Waals surface area contributed by atoms with E-state index in [0.29, 0.717) is 26.4 Å². The third-order valence-corrected chi connectivity index (χ3v) is 4.85. The van der Waals surface area contributed by atoms with Gasteiger partial charge in [0.25, 0.3) is 0 Å². The van der Waals surface area contributed by atoms with E-state index in [2.05, 4.69) is 15.9 Å². The Kier molecular flexibility index (Phi) is 8.20. The molecule has 0 unspecified atom stereocenters. The number of sulfone groups is 1. The van der Waals surface area contributed by atoms with Gasteiger partial charge in [0.1, 0.15) is 0 Å². The molecular weight excluding hydrogens is 362 g/mol. The van der Waals surface area contributed by atoms with Crippen molar-refractivity contribution < 1.29 is 22.6 Å². The van der Waals surface area contributed by atoms with E-state index in [1.807, 2.05) is 0 Å². The lowest BCUT2D eigenvalue weighted by atomic mass is 10.3. The molecule has 0 bridgehead atoms. The quantitative estimate of drug-likeness (QED) is 0.487. The Bertz CT molecular complexity index is 535. The van der Waals surface area contributed by atoms with E-state index in [-0.39, 0.29) is 22.9 Å². The van der Waals surface area contributed by atoms with Crippen LogP contribution in [-0.2, 0) is 24.0 Å². The lowest BCUT2D eigenvalue weighted by Crippen LogP contribution is -2.16. The van der Waals surface area contributed by atoms with Crippen molar-refractivity contribution >= 4 is 31.5 Å². The van der Waals surface area contributed by atoms with Gasteiger partial charge in [-0.25, -0.2) is 8.42 Å². The van der Waals surface area contributed by atoms with Gasteiger partial charge in [-0.05, 0) is 18.2 Å². The van der Waals surface area contributed by atoms with Crippen molar-refractivity contribution in [2.24, 2.45) is 0 Å². The Balaban J connectivity index is 2.33. The Hall–Kier alpha value is -0.670. The fourth-order valence-electron chi connectivity index (χ4n) is 1.55. The van der Waals surface area contributed by atoms with Gasteiger partial charge in [0.05, 0.1) is 49.4 Å². The molecule has 0 saturated heterocycles. The third kappa shape index (κ3) is 6.75. The maximum atomic E-state index is 12.1. The van der Waals surface area contributed by atoms with E-state index < -0.39 is 9.84 Å². The first-order chi connectivity index (χ1) is 9.97. The van der Waals surface area contributed by atoms with Crippen LogP contribution in [0.1, 0.15) is 0 Å². The second kappa shape index (κ2) is 9.37. The van der Waals surface area contributed by atoms with Crippen molar-refractivity contribution in [2.75, 3.05) is 51.6 Å². The van der Waals surface area contributed by atoms with Crippen molar-refractivity contribution in [1.82, 2.24) is 0 Å². The van der Waals surface area contributed by atoms with Crippen LogP contribution in [0.25, 0.3) is 0 Å². The molecule has 0 spiro atoms. The van der Waals surface area contributed by atoms with Gasteiger partial charge in [-0.3, -0.25) is 0 Å². The minimum Gasteiger partial charge on any atom is -0.398 e. The fourth-order valence-corrected chi connectivity index (χ4v) is 3.17. The molecule has 0 amide bonds. The van der Waals surface area contributed by atoms with Gasteiger partial charge in [0, 0.05) is 11.6 Å². The highest BCUT2D eigenvalue weighted by Gasteiger charge is 2.17. The van der Waals surface area contributed by atoms with E-state index in [0.717, 1.165) is 4.47 Å². The molecule has 2 N–H and O–H groups in total. The first-order valence-corrected chi connectivity index (χ1v) is 8.84. The van der Waals surface area contributed by atoms with Gasteiger partial charge >= 0.3 is 0 Å². The number of anilines is 1. The van der Waals surface area contributed by atoms with Crippen LogP contribution >= 0.6 is 15.9 Å². The number of methoxy groups -OCH3 is 1. The van der Waals surface area contributed by atoms with Crippen molar-refractivity contribution in [1.29, 1.82) is 0 Å². The van der Waals surface area contributed by atoms with E-state index >= 15 is 0 Å². The van der Waals surface area contributed by atoms with Crippen LogP contribution in [0.4, 0.5) is 5.69 Å². The summed E-state index contributed by atoms with van der Waals surface area (Å²) < 4.78 is 40.2. The average molecular weight is 382 g/mol. The summed E-state index contributed by atoms with van der Waals surface area (Å²) in [4.78, 5) is 0.130.